The van der Waals surface area contributed by atoms with Crippen LogP contribution in [0, 0.1) is 13.8 Å². The fourth-order valence-electron chi connectivity index (χ4n) is 2.09. The molecule has 3 nitrogen and oxygen atoms in total. The number of nitrogens with two attached hydrogens (primary N) is 2. The molecule has 0 heterocycles. The zero-order valence-electron chi connectivity index (χ0n) is 10.7. The van der Waals surface area contributed by atoms with Crippen LogP contribution in [-0.4, -0.2) is 5.11 Å². The van der Waals surface area contributed by atoms with Gasteiger partial charge in [-0.1, -0.05) is 12.1 Å². The average Bonchev–Trinajstić information content (AvgIpc) is 2.36. The van der Waals surface area contributed by atoms with Crippen LogP contribution in [0.5, 0.6) is 0 Å². The Labute approximate surface area is 107 Å². The standard InChI is InChI=1S/C15H18N2O/c1-9-7-11(3-5-14(9)16)12-4-6-15(17)10(2)13(12)8-18/h3-7,18H,8,16-17H2,1-2H3. The third-order valence-corrected chi connectivity index (χ3v) is 3.38. The van der Waals surface area contributed by atoms with Crippen LogP contribution in [0.4, 0.5) is 11.4 Å². The van der Waals surface area contributed by atoms with Gasteiger partial charge in [-0.15, -0.1) is 0 Å². The molecule has 2 aromatic carbocycles. The summed E-state index contributed by atoms with van der Waals surface area (Å²) in [6, 6.07) is 9.69. The SMILES string of the molecule is Cc1cc(-c2ccc(N)c(C)c2CO)ccc1N. The van der Waals surface area contributed by atoms with Gasteiger partial charge in [-0.3, -0.25) is 0 Å². The molecule has 0 saturated heterocycles. The number of aryl methyl sites for hydroxylation is 1. The normalized spacial score (nSPS) is 10.6. The second-order valence-electron chi connectivity index (χ2n) is 4.54. The molecule has 0 amide bonds. The molecule has 0 aliphatic heterocycles. The van der Waals surface area contributed by atoms with E-state index in [1.807, 2.05) is 44.2 Å². The molecule has 2 aromatic rings. The second-order valence-corrected chi connectivity index (χ2v) is 4.54. The quantitative estimate of drug-likeness (QED) is 0.709. The van der Waals surface area contributed by atoms with Crippen LogP contribution in [0.3, 0.4) is 0 Å². The first kappa shape index (κ1) is 12.5. The number of nitrogen functional groups attached to an aromatic ring is 2. The fraction of sp³-hybridized carbons (Fsp3) is 0.200. The van der Waals surface area contributed by atoms with Crippen molar-refractivity contribution < 1.29 is 5.11 Å². The molecule has 2 rings (SSSR count). The highest BCUT2D eigenvalue weighted by atomic mass is 16.3. The van der Waals surface area contributed by atoms with E-state index in [-0.39, 0.29) is 6.61 Å². The zero-order chi connectivity index (χ0) is 13.3. The highest BCUT2D eigenvalue weighted by molar-refractivity contribution is 5.74. The van der Waals surface area contributed by atoms with Gasteiger partial charge in [0.05, 0.1) is 6.61 Å². The maximum atomic E-state index is 9.53. The van der Waals surface area contributed by atoms with Crippen LogP contribution in [0.2, 0.25) is 0 Å². The van der Waals surface area contributed by atoms with Gasteiger partial charge >= 0.3 is 0 Å². The molecule has 0 spiro atoms. The summed E-state index contributed by atoms with van der Waals surface area (Å²) in [5.74, 6) is 0. The Balaban J connectivity index is 2.63. The van der Waals surface area contributed by atoms with Crippen molar-refractivity contribution in [3.05, 3.63) is 47.0 Å². The van der Waals surface area contributed by atoms with Gasteiger partial charge in [0.15, 0.2) is 0 Å². The summed E-state index contributed by atoms with van der Waals surface area (Å²) in [4.78, 5) is 0. The minimum atomic E-state index is -0.0182. The van der Waals surface area contributed by atoms with Crippen LogP contribution in [-0.2, 0) is 6.61 Å². The molecule has 18 heavy (non-hydrogen) atoms. The molecule has 0 fully saturated rings. The smallest absolute Gasteiger partial charge is 0.0691 e. The topological polar surface area (TPSA) is 72.3 Å². The van der Waals surface area contributed by atoms with Crippen molar-refractivity contribution in [2.24, 2.45) is 0 Å². The number of aliphatic hydroxyl groups is 1. The van der Waals surface area contributed by atoms with Crippen molar-refractivity contribution in [3.63, 3.8) is 0 Å². The van der Waals surface area contributed by atoms with Crippen LogP contribution in [0.1, 0.15) is 16.7 Å². The Bertz CT molecular complexity index is 591. The zero-order valence-corrected chi connectivity index (χ0v) is 10.7. The van der Waals surface area contributed by atoms with Gasteiger partial charge in [0.2, 0.25) is 0 Å². The van der Waals surface area contributed by atoms with E-state index in [1.165, 1.54) is 0 Å². The number of rotatable bonds is 2. The van der Waals surface area contributed by atoms with Gasteiger partial charge in [-0.2, -0.15) is 0 Å². The van der Waals surface area contributed by atoms with E-state index in [0.29, 0.717) is 5.69 Å². The molecule has 0 bridgehead atoms. The molecule has 3 heteroatoms. The maximum Gasteiger partial charge on any atom is 0.0691 e. The molecule has 0 aromatic heterocycles. The van der Waals surface area contributed by atoms with E-state index in [0.717, 1.165) is 33.5 Å². The van der Waals surface area contributed by atoms with Crippen molar-refractivity contribution in [1.82, 2.24) is 0 Å². The van der Waals surface area contributed by atoms with E-state index >= 15 is 0 Å². The number of benzene rings is 2. The van der Waals surface area contributed by atoms with Gasteiger partial charge < -0.3 is 16.6 Å². The molecule has 94 valence electrons. The second kappa shape index (κ2) is 4.70. The minimum Gasteiger partial charge on any atom is -0.399 e. The van der Waals surface area contributed by atoms with Crippen LogP contribution in [0.15, 0.2) is 30.3 Å². The Hall–Kier alpha value is -2.00. The van der Waals surface area contributed by atoms with Crippen molar-refractivity contribution >= 4 is 11.4 Å². The molecule has 0 aliphatic rings. The molecular formula is C15H18N2O. The summed E-state index contributed by atoms with van der Waals surface area (Å²) < 4.78 is 0. The number of hydrogen-bond acceptors (Lipinski definition) is 3. The first-order valence-electron chi connectivity index (χ1n) is 5.90. The fourth-order valence-corrected chi connectivity index (χ4v) is 2.09. The monoisotopic (exact) mass is 242 g/mol. The highest BCUT2D eigenvalue weighted by Gasteiger charge is 2.10. The van der Waals surface area contributed by atoms with Gasteiger partial charge in [0.25, 0.3) is 0 Å². The molecule has 0 radical (unpaired) electrons. The summed E-state index contributed by atoms with van der Waals surface area (Å²) >= 11 is 0. The largest absolute Gasteiger partial charge is 0.399 e. The van der Waals surface area contributed by atoms with Crippen molar-refractivity contribution in [2.75, 3.05) is 11.5 Å². The summed E-state index contributed by atoms with van der Waals surface area (Å²) in [5, 5.41) is 9.53. The van der Waals surface area contributed by atoms with E-state index in [1.54, 1.807) is 0 Å². The lowest BCUT2D eigenvalue weighted by molar-refractivity contribution is 0.281. The van der Waals surface area contributed by atoms with E-state index in [2.05, 4.69) is 0 Å². The first-order chi connectivity index (χ1) is 8.54. The summed E-state index contributed by atoms with van der Waals surface area (Å²) in [7, 11) is 0. The van der Waals surface area contributed by atoms with Gasteiger partial charge in [-0.25, -0.2) is 0 Å². The lowest BCUT2D eigenvalue weighted by atomic mass is 9.94. The number of anilines is 2. The lowest BCUT2D eigenvalue weighted by Crippen LogP contribution is -1.99. The Kier molecular flexibility index (Phi) is 3.26. The van der Waals surface area contributed by atoms with Gasteiger partial charge in [-0.05, 0) is 59.9 Å². The lowest BCUT2D eigenvalue weighted by Gasteiger charge is -2.14. The number of aliphatic hydroxyl groups excluding tert-OH is 1. The van der Waals surface area contributed by atoms with Crippen LogP contribution in [0.25, 0.3) is 11.1 Å². The summed E-state index contributed by atoms with van der Waals surface area (Å²) in [6.45, 7) is 3.88. The van der Waals surface area contributed by atoms with Gasteiger partial charge in [0.1, 0.15) is 0 Å². The molecule has 0 saturated carbocycles. The molecule has 0 aliphatic carbocycles. The predicted octanol–water partition coefficient (Wildman–Crippen LogP) is 2.63. The third-order valence-electron chi connectivity index (χ3n) is 3.38. The third kappa shape index (κ3) is 2.05. The Morgan fingerprint density at radius 1 is 1.00 bits per heavy atom. The molecular weight excluding hydrogens is 224 g/mol. The predicted molar refractivity (Wildman–Crippen MR) is 76.1 cm³/mol. The Morgan fingerprint density at radius 2 is 1.67 bits per heavy atom. The average molecular weight is 242 g/mol. The van der Waals surface area contributed by atoms with E-state index in [9.17, 15) is 5.11 Å². The maximum absolute atomic E-state index is 9.53. The number of hydrogen-bond donors (Lipinski definition) is 3. The van der Waals surface area contributed by atoms with Crippen LogP contribution >= 0.6 is 0 Å². The van der Waals surface area contributed by atoms with Crippen molar-refractivity contribution in [1.29, 1.82) is 0 Å². The Morgan fingerprint density at radius 3 is 2.28 bits per heavy atom. The van der Waals surface area contributed by atoms with Crippen molar-refractivity contribution in [2.45, 2.75) is 20.5 Å². The molecule has 5 N–H and O–H groups in total. The minimum absolute atomic E-state index is 0.0182. The molecule has 0 unspecified atom stereocenters. The van der Waals surface area contributed by atoms with Gasteiger partial charge in [0, 0.05) is 11.4 Å². The van der Waals surface area contributed by atoms with Crippen molar-refractivity contribution in [3.8, 4) is 11.1 Å². The van der Waals surface area contributed by atoms with E-state index in [4.69, 9.17) is 11.5 Å². The summed E-state index contributed by atoms with van der Waals surface area (Å²) in [5.41, 5.74) is 18.1. The van der Waals surface area contributed by atoms with Crippen LogP contribution < -0.4 is 11.5 Å². The first-order valence-corrected chi connectivity index (χ1v) is 5.90. The van der Waals surface area contributed by atoms with E-state index < -0.39 is 0 Å². The summed E-state index contributed by atoms with van der Waals surface area (Å²) in [6.07, 6.45) is 0. The molecule has 0 atom stereocenters. The highest BCUT2D eigenvalue weighted by Crippen LogP contribution is 2.31.